The third-order valence-electron chi connectivity index (χ3n) is 3.93. The van der Waals surface area contributed by atoms with Gasteiger partial charge < -0.3 is 5.73 Å². The summed E-state index contributed by atoms with van der Waals surface area (Å²) in [5.74, 6) is 1.40. The fourth-order valence-corrected chi connectivity index (χ4v) is 2.42. The Morgan fingerprint density at radius 2 is 2.00 bits per heavy atom. The summed E-state index contributed by atoms with van der Waals surface area (Å²) in [6.45, 7) is 8.57. The Kier molecular flexibility index (Phi) is 4.54. The zero-order chi connectivity index (χ0) is 12.3. The molecule has 0 aliphatic heterocycles. The minimum atomic E-state index is -0.00256. The van der Waals surface area contributed by atoms with Crippen molar-refractivity contribution in [3.05, 3.63) is 0 Å². The number of nitrogens with two attached hydrogens (primary N) is 1. The number of hydrogen-bond acceptors (Lipinski definition) is 2. The van der Waals surface area contributed by atoms with Gasteiger partial charge in [-0.05, 0) is 24.2 Å². The summed E-state index contributed by atoms with van der Waals surface area (Å²) in [4.78, 5) is 12.1. The Bertz CT molecular complexity index is 242. The summed E-state index contributed by atoms with van der Waals surface area (Å²) >= 11 is 0. The van der Waals surface area contributed by atoms with E-state index in [1.54, 1.807) is 0 Å². The van der Waals surface area contributed by atoms with Crippen LogP contribution in [0.2, 0.25) is 0 Å². The third-order valence-corrected chi connectivity index (χ3v) is 3.93. The minimum absolute atomic E-state index is 0.00256. The van der Waals surface area contributed by atoms with E-state index in [-0.39, 0.29) is 17.4 Å². The van der Waals surface area contributed by atoms with Gasteiger partial charge in [0.05, 0.1) is 0 Å². The molecule has 1 aliphatic carbocycles. The summed E-state index contributed by atoms with van der Waals surface area (Å²) in [6.07, 6.45) is 5.22. The first kappa shape index (κ1) is 13.7. The van der Waals surface area contributed by atoms with Gasteiger partial charge in [0.15, 0.2) is 0 Å². The van der Waals surface area contributed by atoms with Gasteiger partial charge in [0.2, 0.25) is 0 Å². The van der Waals surface area contributed by atoms with E-state index in [4.69, 9.17) is 5.73 Å². The van der Waals surface area contributed by atoms with Crippen molar-refractivity contribution in [2.75, 3.05) is 0 Å². The molecule has 16 heavy (non-hydrogen) atoms. The smallest absolute Gasteiger partial charge is 0.137 e. The second-order valence-electron chi connectivity index (χ2n) is 6.61. The fourth-order valence-electron chi connectivity index (χ4n) is 2.42. The highest BCUT2D eigenvalue weighted by Gasteiger charge is 2.29. The quantitative estimate of drug-likeness (QED) is 0.802. The lowest BCUT2D eigenvalue weighted by atomic mass is 9.76. The molecule has 0 aromatic heterocycles. The van der Waals surface area contributed by atoms with Crippen molar-refractivity contribution in [2.24, 2.45) is 23.0 Å². The van der Waals surface area contributed by atoms with Gasteiger partial charge in [-0.25, -0.2) is 0 Å². The van der Waals surface area contributed by atoms with E-state index in [1.807, 2.05) is 0 Å². The molecule has 1 aliphatic rings. The molecule has 1 rings (SSSR count). The molecule has 1 fully saturated rings. The van der Waals surface area contributed by atoms with Gasteiger partial charge in [0.1, 0.15) is 5.78 Å². The van der Waals surface area contributed by atoms with Crippen molar-refractivity contribution < 1.29 is 4.79 Å². The summed E-state index contributed by atoms with van der Waals surface area (Å²) in [5, 5.41) is 0. The van der Waals surface area contributed by atoms with Crippen molar-refractivity contribution in [2.45, 2.75) is 65.8 Å². The van der Waals surface area contributed by atoms with Gasteiger partial charge in [-0.3, -0.25) is 4.79 Å². The topological polar surface area (TPSA) is 43.1 Å². The Morgan fingerprint density at radius 3 is 2.50 bits per heavy atom. The Morgan fingerprint density at radius 1 is 1.38 bits per heavy atom. The van der Waals surface area contributed by atoms with Crippen LogP contribution in [0.15, 0.2) is 0 Å². The van der Waals surface area contributed by atoms with Gasteiger partial charge in [-0.2, -0.15) is 0 Å². The van der Waals surface area contributed by atoms with Crippen LogP contribution < -0.4 is 5.73 Å². The van der Waals surface area contributed by atoms with Gasteiger partial charge in [-0.1, -0.05) is 40.5 Å². The molecule has 3 unspecified atom stereocenters. The van der Waals surface area contributed by atoms with Crippen molar-refractivity contribution in [1.29, 1.82) is 0 Å². The van der Waals surface area contributed by atoms with Crippen LogP contribution in [0, 0.1) is 17.3 Å². The molecular formula is C14H27NO. The second-order valence-corrected chi connectivity index (χ2v) is 6.61. The largest absolute Gasteiger partial charge is 0.327 e. The van der Waals surface area contributed by atoms with Crippen LogP contribution in [0.4, 0.5) is 0 Å². The van der Waals surface area contributed by atoms with E-state index in [9.17, 15) is 4.79 Å². The lowest BCUT2D eigenvalue weighted by molar-refractivity contribution is -0.125. The average molecular weight is 225 g/mol. The van der Waals surface area contributed by atoms with Gasteiger partial charge in [-0.15, -0.1) is 0 Å². The molecular weight excluding hydrogens is 198 g/mol. The van der Waals surface area contributed by atoms with E-state index in [2.05, 4.69) is 27.7 Å². The van der Waals surface area contributed by atoms with Crippen LogP contribution in [0.5, 0.6) is 0 Å². The van der Waals surface area contributed by atoms with Crippen LogP contribution in [-0.2, 0) is 4.79 Å². The third kappa shape index (κ3) is 3.89. The highest BCUT2D eigenvalue weighted by Crippen LogP contribution is 2.31. The molecule has 3 atom stereocenters. The van der Waals surface area contributed by atoms with Crippen LogP contribution in [0.25, 0.3) is 0 Å². The van der Waals surface area contributed by atoms with Crippen molar-refractivity contribution in [1.82, 2.24) is 0 Å². The molecule has 0 heterocycles. The number of Topliss-reactive ketones (excluding diaryl/α,β-unsaturated/α-hetero) is 1. The predicted molar refractivity (Wildman–Crippen MR) is 68.2 cm³/mol. The molecule has 0 bridgehead atoms. The Hall–Kier alpha value is -0.370. The van der Waals surface area contributed by atoms with Crippen LogP contribution >= 0.6 is 0 Å². The minimum Gasteiger partial charge on any atom is -0.327 e. The Labute approximate surface area is 100.0 Å². The molecule has 2 heteroatoms. The fraction of sp³-hybridized carbons (Fsp3) is 0.929. The van der Waals surface area contributed by atoms with Crippen molar-refractivity contribution >= 4 is 5.78 Å². The molecule has 0 spiro atoms. The summed E-state index contributed by atoms with van der Waals surface area (Å²) in [5.41, 5.74) is 6.11. The lowest BCUT2D eigenvalue weighted by Gasteiger charge is -2.30. The lowest BCUT2D eigenvalue weighted by Crippen LogP contribution is -2.38. The standard InChI is InChI=1S/C14H27NO/c1-10-6-5-7-11(8-10)12(16)9-13(15)14(2,3)4/h10-11,13H,5-9,15H2,1-4H3. The van der Waals surface area contributed by atoms with Crippen LogP contribution in [0.1, 0.15) is 59.8 Å². The van der Waals surface area contributed by atoms with Crippen molar-refractivity contribution in [3.63, 3.8) is 0 Å². The van der Waals surface area contributed by atoms with Crippen LogP contribution in [-0.4, -0.2) is 11.8 Å². The number of hydrogen-bond donors (Lipinski definition) is 1. The summed E-state index contributed by atoms with van der Waals surface area (Å²) in [6, 6.07) is -0.00256. The first-order chi connectivity index (χ1) is 7.30. The number of carbonyl (C=O) groups excluding carboxylic acids is 1. The second kappa shape index (κ2) is 5.31. The maximum absolute atomic E-state index is 12.1. The molecule has 0 aromatic rings. The van der Waals surface area contributed by atoms with E-state index in [0.717, 1.165) is 12.8 Å². The summed E-state index contributed by atoms with van der Waals surface area (Å²) in [7, 11) is 0. The van der Waals surface area contributed by atoms with Gasteiger partial charge in [0.25, 0.3) is 0 Å². The van der Waals surface area contributed by atoms with Crippen molar-refractivity contribution in [3.8, 4) is 0 Å². The van der Waals surface area contributed by atoms with Gasteiger partial charge in [0, 0.05) is 18.4 Å². The number of rotatable bonds is 3. The van der Waals surface area contributed by atoms with E-state index < -0.39 is 0 Å². The highest BCUT2D eigenvalue weighted by atomic mass is 16.1. The molecule has 0 radical (unpaired) electrons. The normalized spacial score (nSPS) is 28.8. The SMILES string of the molecule is CC1CCCC(C(=O)CC(N)C(C)(C)C)C1. The number of carbonyl (C=O) groups is 1. The predicted octanol–water partition coefficient (Wildman–Crippen LogP) is 3.15. The first-order valence-electron chi connectivity index (χ1n) is 6.59. The Balaban J connectivity index is 2.46. The number of ketones is 1. The maximum atomic E-state index is 12.1. The van der Waals surface area contributed by atoms with E-state index in [0.29, 0.717) is 18.1 Å². The molecule has 0 aromatic carbocycles. The van der Waals surface area contributed by atoms with Crippen LogP contribution in [0.3, 0.4) is 0 Å². The molecule has 2 nitrogen and oxygen atoms in total. The summed E-state index contributed by atoms with van der Waals surface area (Å²) < 4.78 is 0. The molecule has 1 saturated carbocycles. The average Bonchev–Trinajstić information content (AvgIpc) is 2.16. The molecule has 0 amide bonds. The zero-order valence-corrected chi connectivity index (χ0v) is 11.3. The molecule has 0 saturated heterocycles. The first-order valence-corrected chi connectivity index (χ1v) is 6.59. The highest BCUT2D eigenvalue weighted by molar-refractivity contribution is 5.81. The monoisotopic (exact) mass is 225 g/mol. The van der Waals surface area contributed by atoms with E-state index in [1.165, 1.54) is 12.8 Å². The molecule has 2 N–H and O–H groups in total. The maximum Gasteiger partial charge on any atom is 0.137 e. The van der Waals surface area contributed by atoms with Gasteiger partial charge >= 0.3 is 0 Å². The van der Waals surface area contributed by atoms with E-state index >= 15 is 0 Å². The zero-order valence-electron chi connectivity index (χ0n) is 11.3. The molecule has 94 valence electrons.